The second kappa shape index (κ2) is 10.2. The zero-order valence-corrected chi connectivity index (χ0v) is 18.9. The van der Waals surface area contributed by atoms with Crippen molar-refractivity contribution in [2.75, 3.05) is 46.5 Å². The van der Waals surface area contributed by atoms with Gasteiger partial charge in [-0.1, -0.05) is 12.1 Å². The monoisotopic (exact) mass is 470 g/mol. The third-order valence-corrected chi connectivity index (χ3v) is 6.13. The van der Waals surface area contributed by atoms with Crippen molar-refractivity contribution in [1.29, 1.82) is 0 Å². The van der Waals surface area contributed by atoms with Gasteiger partial charge in [-0.05, 0) is 42.3 Å². The summed E-state index contributed by atoms with van der Waals surface area (Å²) in [4.78, 5) is 29.7. The Morgan fingerprint density at radius 3 is 2.59 bits per heavy atom. The molecule has 2 fully saturated rings. The number of ketones is 1. The zero-order chi connectivity index (χ0) is 24.2. The van der Waals surface area contributed by atoms with E-state index in [1.165, 1.54) is 36.3 Å². The molecule has 1 atom stereocenters. The van der Waals surface area contributed by atoms with Crippen molar-refractivity contribution >= 4 is 17.4 Å². The van der Waals surface area contributed by atoms with Gasteiger partial charge < -0.3 is 24.6 Å². The first-order valence-corrected chi connectivity index (χ1v) is 11.1. The van der Waals surface area contributed by atoms with E-state index in [0.717, 1.165) is 25.7 Å². The van der Waals surface area contributed by atoms with E-state index in [0.29, 0.717) is 25.2 Å². The maximum absolute atomic E-state index is 14.3. The van der Waals surface area contributed by atoms with E-state index in [2.05, 4.69) is 4.90 Å². The molecule has 8 nitrogen and oxygen atoms in total. The number of carbonyl (C=O) groups excluding carboxylic acids is 2. The number of hydrogen-bond acceptors (Lipinski definition) is 7. The van der Waals surface area contributed by atoms with E-state index in [9.17, 15) is 24.2 Å². The fourth-order valence-corrected chi connectivity index (χ4v) is 4.41. The van der Waals surface area contributed by atoms with Crippen LogP contribution in [0.2, 0.25) is 0 Å². The number of likely N-dealkylation sites (tertiary alicyclic amines) is 1. The smallest absolute Gasteiger partial charge is 0.295 e. The number of phenols is 1. The largest absolute Gasteiger partial charge is 0.508 e. The number of benzene rings is 2. The minimum Gasteiger partial charge on any atom is -0.508 e. The number of aliphatic hydroxyl groups is 1. The Morgan fingerprint density at radius 1 is 1.15 bits per heavy atom. The number of nitrogens with zero attached hydrogens (tertiary/aromatic N) is 2. The highest BCUT2D eigenvalue weighted by Crippen LogP contribution is 2.40. The molecule has 2 aliphatic heterocycles. The molecule has 180 valence electrons. The number of ether oxygens (including phenoxy) is 2. The first-order valence-electron chi connectivity index (χ1n) is 11.1. The number of rotatable bonds is 7. The predicted octanol–water partition coefficient (Wildman–Crippen LogP) is 2.68. The molecule has 2 aromatic rings. The van der Waals surface area contributed by atoms with Crippen LogP contribution in [0, 0.1) is 5.82 Å². The molecule has 0 aromatic heterocycles. The van der Waals surface area contributed by atoms with Gasteiger partial charge in [0.2, 0.25) is 0 Å². The highest BCUT2D eigenvalue weighted by atomic mass is 19.1. The summed E-state index contributed by atoms with van der Waals surface area (Å²) in [6, 6.07) is 9.11. The van der Waals surface area contributed by atoms with Gasteiger partial charge in [-0.3, -0.25) is 14.5 Å². The number of aliphatic hydroxyl groups excluding tert-OH is 1. The number of morpholine rings is 1. The maximum Gasteiger partial charge on any atom is 0.295 e. The van der Waals surface area contributed by atoms with Crippen LogP contribution in [0.1, 0.15) is 23.6 Å². The number of aromatic hydroxyl groups is 1. The minimum absolute atomic E-state index is 0.00959. The molecule has 2 aliphatic rings. The average Bonchev–Trinajstić information content (AvgIpc) is 3.09. The molecule has 1 unspecified atom stereocenters. The van der Waals surface area contributed by atoms with Crippen molar-refractivity contribution in [1.82, 2.24) is 9.80 Å². The molecule has 4 rings (SSSR count). The summed E-state index contributed by atoms with van der Waals surface area (Å²) in [5, 5.41) is 21.1. The molecule has 0 radical (unpaired) electrons. The molecule has 2 aromatic carbocycles. The van der Waals surface area contributed by atoms with Gasteiger partial charge in [-0.25, -0.2) is 4.39 Å². The molecule has 9 heteroatoms. The van der Waals surface area contributed by atoms with Gasteiger partial charge in [-0.2, -0.15) is 0 Å². The summed E-state index contributed by atoms with van der Waals surface area (Å²) in [7, 11) is 1.32. The van der Waals surface area contributed by atoms with Crippen LogP contribution in [0.25, 0.3) is 5.76 Å². The maximum atomic E-state index is 14.3. The summed E-state index contributed by atoms with van der Waals surface area (Å²) in [5.74, 6) is -2.83. The summed E-state index contributed by atoms with van der Waals surface area (Å²) in [5.41, 5.74) is 0.377. The molecule has 0 saturated carbocycles. The number of phenolic OH excluding ortho intramolecular Hbond substituents is 1. The highest BCUT2D eigenvalue weighted by molar-refractivity contribution is 6.46. The molecular weight excluding hydrogens is 443 g/mol. The highest BCUT2D eigenvalue weighted by Gasteiger charge is 2.46. The zero-order valence-electron chi connectivity index (χ0n) is 18.9. The Bertz CT molecular complexity index is 1110. The molecule has 1 amide bonds. The number of methoxy groups -OCH3 is 1. The van der Waals surface area contributed by atoms with Crippen LogP contribution < -0.4 is 4.74 Å². The Balaban J connectivity index is 1.69. The van der Waals surface area contributed by atoms with Crippen molar-refractivity contribution in [3.63, 3.8) is 0 Å². The second-order valence-electron chi connectivity index (χ2n) is 8.24. The Morgan fingerprint density at radius 2 is 1.91 bits per heavy atom. The lowest BCUT2D eigenvalue weighted by Gasteiger charge is -2.29. The minimum atomic E-state index is -0.915. The lowest BCUT2D eigenvalue weighted by atomic mass is 9.95. The van der Waals surface area contributed by atoms with Crippen LogP contribution >= 0.6 is 0 Å². The summed E-state index contributed by atoms with van der Waals surface area (Å²) < 4.78 is 24.6. The topological polar surface area (TPSA) is 99.5 Å². The van der Waals surface area contributed by atoms with Gasteiger partial charge in [0, 0.05) is 31.7 Å². The fraction of sp³-hybridized carbons (Fsp3) is 0.360. The van der Waals surface area contributed by atoms with Gasteiger partial charge in [0.1, 0.15) is 11.5 Å². The molecule has 0 aliphatic carbocycles. The van der Waals surface area contributed by atoms with Crippen molar-refractivity contribution in [3.8, 4) is 11.5 Å². The van der Waals surface area contributed by atoms with Gasteiger partial charge in [0.15, 0.2) is 11.6 Å². The van der Waals surface area contributed by atoms with Crippen LogP contribution in [-0.2, 0) is 14.3 Å². The third-order valence-electron chi connectivity index (χ3n) is 6.13. The summed E-state index contributed by atoms with van der Waals surface area (Å²) in [6.07, 6.45) is 0.611. The van der Waals surface area contributed by atoms with Crippen LogP contribution in [-0.4, -0.2) is 78.2 Å². The quantitative estimate of drug-likeness (QED) is 0.365. The van der Waals surface area contributed by atoms with E-state index in [-0.39, 0.29) is 29.2 Å². The standard InChI is InChI=1S/C25H27FN2O6/c1-33-20-7-6-17(15-19(20)26)23(30)21-22(16-4-2-5-18(29)14-16)28(25(32)24(21)31)9-3-8-27-10-12-34-13-11-27/h2,4-7,14-15,22,29-30H,3,8-13H2,1H3/b23-21-. The SMILES string of the molecule is COc1ccc(/C(O)=C2/C(=O)C(=O)N(CCCN3CCOCC3)C2c2cccc(O)c2)cc1F. The predicted molar refractivity (Wildman–Crippen MR) is 122 cm³/mol. The van der Waals surface area contributed by atoms with E-state index in [4.69, 9.17) is 9.47 Å². The number of Topliss-reactive ketones (excluding diaryl/α,β-unsaturated/α-hetero) is 1. The number of amides is 1. The van der Waals surface area contributed by atoms with Crippen LogP contribution in [0.3, 0.4) is 0 Å². The normalized spacial score (nSPS) is 20.6. The number of carbonyl (C=O) groups is 2. The summed E-state index contributed by atoms with van der Waals surface area (Å²) in [6.45, 7) is 3.92. The lowest BCUT2D eigenvalue weighted by molar-refractivity contribution is -0.140. The fourth-order valence-electron chi connectivity index (χ4n) is 4.41. The number of hydrogen-bond donors (Lipinski definition) is 2. The van der Waals surface area contributed by atoms with Gasteiger partial charge >= 0.3 is 0 Å². The Kier molecular flexibility index (Phi) is 7.14. The average molecular weight is 470 g/mol. The molecule has 2 N–H and O–H groups in total. The molecule has 0 bridgehead atoms. The molecule has 2 heterocycles. The van der Waals surface area contributed by atoms with E-state index >= 15 is 0 Å². The first kappa shape index (κ1) is 23.7. The molecule has 0 spiro atoms. The van der Waals surface area contributed by atoms with Crippen LogP contribution in [0.15, 0.2) is 48.0 Å². The Hall–Kier alpha value is -3.43. The molecule has 34 heavy (non-hydrogen) atoms. The number of halogens is 1. The van der Waals surface area contributed by atoms with E-state index in [1.807, 2.05) is 0 Å². The first-order chi connectivity index (χ1) is 16.4. The third kappa shape index (κ3) is 4.76. The van der Waals surface area contributed by atoms with E-state index in [1.54, 1.807) is 12.1 Å². The van der Waals surface area contributed by atoms with Crippen molar-refractivity contribution in [3.05, 3.63) is 65.0 Å². The van der Waals surface area contributed by atoms with E-state index < -0.39 is 29.3 Å². The van der Waals surface area contributed by atoms with Crippen molar-refractivity contribution < 1.29 is 33.7 Å². The Labute approximate surface area is 196 Å². The molecule has 2 saturated heterocycles. The molecular formula is C25H27FN2O6. The second-order valence-corrected chi connectivity index (χ2v) is 8.24. The van der Waals surface area contributed by atoms with Gasteiger partial charge in [0.25, 0.3) is 11.7 Å². The van der Waals surface area contributed by atoms with Crippen LogP contribution in [0.5, 0.6) is 11.5 Å². The van der Waals surface area contributed by atoms with Gasteiger partial charge in [0.05, 0.1) is 31.9 Å². The summed E-state index contributed by atoms with van der Waals surface area (Å²) >= 11 is 0. The van der Waals surface area contributed by atoms with Gasteiger partial charge in [-0.15, -0.1) is 0 Å². The lowest BCUT2D eigenvalue weighted by Crippen LogP contribution is -2.38. The van der Waals surface area contributed by atoms with Crippen LogP contribution in [0.4, 0.5) is 4.39 Å². The van der Waals surface area contributed by atoms with Crippen molar-refractivity contribution in [2.24, 2.45) is 0 Å². The van der Waals surface area contributed by atoms with Crippen molar-refractivity contribution in [2.45, 2.75) is 12.5 Å².